The first-order valence-electron chi connectivity index (χ1n) is 7.79. The van der Waals surface area contributed by atoms with Gasteiger partial charge in [0.1, 0.15) is 5.69 Å². The summed E-state index contributed by atoms with van der Waals surface area (Å²) in [6.45, 7) is 8.15. The molecule has 134 valence electrons. The smallest absolute Gasteiger partial charge is 0.280 e. The van der Waals surface area contributed by atoms with E-state index in [0.717, 1.165) is 0 Å². The van der Waals surface area contributed by atoms with E-state index in [9.17, 15) is 13.6 Å². The normalized spacial score (nSPS) is 22.8. The molecule has 24 heavy (non-hydrogen) atoms. The fraction of sp³-hybridized carbons (Fsp3) is 0.688. The highest BCUT2D eigenvalue weighted by molar-refractivity contribution is 7.98. The summed E-state index contributed by atoms with van der Waals surface area (Å²) in [6, 6.07) is 1.23. The molecule has 1 aliphatic rings. The summed E-state index contributed by atoms with van der Waals surface area (Å²) in [6.07, 6.45) is -1.22. The molecule has 1 aromatic rings. The molecule has 0 spiro atoms. The zero-order valence-corrected chi connectivity index (χ0v) is 15.3. The predicted molar refractivity (Wildman–Crippen MR) is 88.3 cm³/mol. The molecule has 3 atom stereocenters. The van der Waals surface area contributed by atoms with Crippen LogP contribution < -0.4 is 5.32 Å². The summed E-state index contributed by atoms with van der Waals surface area (Å²) in [5, 5.41) is 3.04. The molecule has 0 aliphatic carbocycles. The number of rotatable bonds is 5. The molecule has 0 bridgehead atoms. The highest BCUT2D eigenvalue weighted by atomic mass is 32.2. The molecule has 1 aliphatic heterocycles. The zero-order valence-electron chi connectivity index (χ0n) is 14.5. The van der Waals surface area contributed by atoms with E-state index in [-0.39, 0.29) is 34.4 Å². The lowest BCUT2D eigenvalue weighted by Crippen LogP contribution is -2.34. The number of halogens is 2. The average molecular weight is 359 g/mol. The van der Waals surface area contributed by atoms with Crippen LogP contribution in [0.2, 0.25) is 0 Å². The van der Waals surface area contributed by atoms with Crippen molar-refractivity contribution < 1.29 is 18.3 Å². The van der Waals surface area contributed by atoms with Gasteiger partial charge in [-0.3, -0.25) is 4.79 Å². The van der Waals surface area contributed by atoms with Crippen molar-refractivity contribution in [2.24, 2.45) is 5.92 Å². The van der Waals surface area contributed by atoms with Crippen LogP contribution in [-0.2, 0) is 9.53 Å². The molecule has 0 aromatic carbocycles. The van der Waals surface area contributed by atoms with E-state index in [1.165, 1.54) is 17.8 Å². The van der Waals surface area contributed by atoms with E-state index in [1.807, 2.05) is 27.7 Å². The average Bonchev–Trinajstić information content (AvgIpc) is 2.86. The molecule has 2 rings (SSSR count). The van der Waals surface area contributed by atoms with Crippen LogP contribution >= 0.6 is 11.8 Å². The van der Waals surface area contributed by atoms with E-state index < -0.39 is 12.3 Å². The number of carbonyl (C=O) groups excluding carboxylic acids is 1. The number of carbonyl (C=O) groups is 1. The van der Waals surface area contributed by atoms with Crippen LogP contribution in [0.3, 0.4) is 0 Å². The van der Waals surface area contributed by atoms with E-state index in [2.05, 4.69) is 15.3 Å². The largest absolute Gasteiger partial charge is 0.373 e. The summed E-state index contributed by atoms with van der Waals surface area (Å²) < 4.78 is 32.2. The standard InChI is InChI=1S/C16H23F2N3O2S/c1-8(23-16(2,3)4)9-7-19-14(22)12(9)10-6-11(13(17)18)21-15(20-10)24-5/h6,8-9,12-13H,7H2,1-5H3,(H,19,22)/t8-,9?,12-/m1/s1. The summed E-state index contributed by atoms with van der Waals surface area (Å²) in [4.78, 5) is 20.4. The number of nitrogens with one attached hydrogen (secondary N) is 1. The van der Waals surface area contributed by atoms with Gasteiger partial charge in [0.15, 0.2) is 5.16 Å². The molecule has 0 saturated carbocycles. The first kappa shape index (κ1) is 19.1. The third-order valence-corrected chi connectivity index (χ3v) is 4.38. The predicted octanol–water partition coefficient (Wildman–Crippen LogP) is 3.17. The van der Waals surface area contributed by atoms with Gasteiger partial charge in [-0.05, 0) is 40.0 Å². The number of nitrogens with zero attached hydrogens (tertiary/aromatic N) is 2. The lowest BCUT2D eigenvalue weighted by Gasteiger charge is -2.30. The van der Waals surface area contributed by atoms with Crippen LogP contribution in [0.15, 0.2) is 11.2 Å². The van der Waals surface area contributed by atoms with Crippen molar-refractivity contribution in [2.75, 3.05) is 12.8 Å². The van der Waals surface area contributed by atoms with Gasteiger partial charge >= 0.3 is 0 Å². The molecule has 1 fully saturated rings. The summed E-state index contributed by atoms with van der Waals surface area (Å²) >= 11 is 1.18. The third kappa shape index (κ3) is 4.42. The van der Waals surface area contributed by atoms with Gasteiger partial charge in [-0.1, -0.05) is 11.8 Å². The van der Waals surface area contributed by atoms with E-state index >= 15 is 0 Å². The SMILES string of the molecule is CSc1nc(C(F)F)cc([C@@H]2C(=O)NCC2[C@@H](C)OC(C)(C)C)n1. The topological polar surface area (TPSA) is 64.1 Å². The first-order valence-corrected chi connectivity index (χ1v) is 9.01. The Morgan fingerprint density at radius 3 is 2.58 bits per heavy atom. The van der Waals surface area contributed by atoms with Crippen molar-refractivity contribution in [1.29, 1.82) is 0 Å². The van der Waals surface area contributed by atoms with Gasteiger partial charge in [-0.15, -0.1) is 0 Å². The fourth-order valence-corrected chi connectivity index (χ4v) is 3.29. The number of alkyl halides is 2. The Morgan fingerprint density at radius 2 is 2.04 bits per heavy atom. The molecular formula is C16H23F2N3O2S. The molecular weight excluding hydrogens is 336 g/mol. The Kier molecular flexibility index (Phi) is 5.80. The van der Waals surface area contributed by atoms with Crippen LogP contribution in [0.25, 0.3) is 0 Å². The maximum Gasteiger partial charge on any atom is 0.280 e. The number of aromatic nitrogens is 2. The van der Waals surface area contributed by atoms with Crippen molar-refractivity contribution in [3.63, 3.8) is 0 Å². The number of amides is 1. The summed E-state index contributed by atoms with van der Waals surface area (Å²) in [5.41, 5.74) is -0.388. The number of ether oxygens (including phenoxy) is 1. The van der Waals surface area contributed by atoms with Crippen LogP contribution in [-0.4, -0.2) is 40.4 Å². The van der Waals surface area contributed by atoms with E-state index in [4.69, 9.17) is 4.74 Å². The Labute approximate surface area is 145 Å². The molecule has 0 radical (unpaired) electrons. The van der Waals surface area contributed by atoms with E-state index in [0.29, 0.717) is 12.2 Å². The first-order chi connectivity index (χ1) is 11.1. The summed E-state index contributed by atoms with van der Waals surface area (Å²) in [5.74, 6) is -1.00. The second-order valence-corrected chi connectivity index (χ2v) is 7.60. The van der Waals surface area contributed by atoms with Gasteiger partial charge in [0.2, 0.25) is 5.91 Å². The van der Waals surface area contributed by atoms with Crippen molar-refractivity contribution in [2.45, 2.75) is 56.9 Å². The van der Waals surface area contributed by atoms with Crippen molar-refractivity contribution in [3.05, 3.63) is 17.5 Å². The Bertz CT molecular complexity index is 607. The van der Waals surface area contributed by atoms with Crippen LogP contribution in [0, 0.1) is 5.92 Å². The van der Waals surface area contributed by atoms with Gasteiger partial charge in [0.25, 0.3) is 6.43 Å². The van der Waals surface area contributed by atoms with Crippen molar-refractivity contribution >= 4 is 17.7 Å². The molecule has 5 nitrogen and oxygen atoms in total. The van der Waals surface area contributed by atoms with Crippen LogP contribution in [0.4, 0.5) is 8.78 Å². The monoisotopic (exact) mass is 359 g/mol. The van der Waals surface area contributed by atoms with Gasteiger partial charge in [-0.25, -0.2) is 18.7 Å². The minimum Gasteiger partial charge on any atom is -0.373 e. The molecule has 2 heterocycles. The lowest BCUT2D eigenvalue weighted by molar-refractivity contribution is -0.122. The lowest BCUT2D eigenvalue weighted by atomic mass is 9.87. The molecule has 1 aromatic heterocycles. The van der Waals surface area contributed by atoms with Crippen LogP contribution in [0.1, 0.15) is 51.4 Å². The van der Waals surface area contributed by atoms with Crippen LogP contribution in [0.5, 0.6) is 0 Å². The number of hydrogen-bond donors (Lipinski definition) is 1. The number of thioether (sulfide) groups is 1. The minimum atomic E-state index is -2.70. The fourth-order valence-electron chi connectivity index (χ4n) is 2.90. The Balaban J connectivity index is 2.36. The second kappa shape index (κ2) is 7.31. The number of hydrogen-bond acceptors (Lipinski definition) is 5. The highest BCUT2D eigenvalue weighted by Crippen LogP contribution is 2.35. The summed E-state index contributed by atoms with van der Waals surface area (Å²) in [7, 11) is 0. The molecule has 8 heteroatoms. The third-order valence-electron chi connectivity index (χ3n) is 3.84. The van der Waals surface area contributed by atoms with Crippen molar-refractivity contribution in [1.82, 2.24) is 15.3 Å². The van der Waals surface area contributed by atoms with Crippen molar-refractivity contribution in [3.8, 4) is 0 Å². The van der Waals surface area contributed by atoms with Gasteiger partial charge < -0.3 is 10.1 Å². The van der Waals surface area contributed by atoms with Gasteiger partial charge in [0, 0.05) is 12.5 Å². The highest BCUT2D eigenvalue weighted by Gasteiger charge is 2.42. The van der Waals surface area contributed by atoms with Gasteiger partial charge in [-0.2, -0.15) is 0 Å². The molecule has 1 unspecified atom stereocenters. The Hall–Kier alpha value is -1.28. The minimum absolute atomic E-state index is 0.174. The maximum atomic E-state index is 13.1. The molecule has 1 saturated heterocycles. The molecule has 1 N–H and O–H groups in total. The molecule has 1 amide bonds. The van der Waals surface area contributed by atoms with Gasteiger partial charge in [0.05, 0.1) is 23.3 Å². The zero-order chi connectivity index (χ0) is 18.1. The Morgan fingerprint density at radius 1 is 1.38 bits per heavy atom. The van der Waals surface area contributed by atoms with E-state index in [1.54, 1.807) is 6.26 Å². The second-order valence-electron chi connectivity index (χ2n) is 6.83. The maximum absolute atomic E-state index is 13.1. The quantitative estimate of drug-likeness (QED) is 0.646.